The number of nitrogens with zero attached hydrogens (tertiary/aromatic N) is 1. The van der Waals surface area contributed by atoms with Crippen LogP contribution in [0.15, 0.2) is 84.9 Å². The van der Waals surface area contributed by atoms with Gasteiger partial charge in [0.2, 0.25) is 17.7 Å². The second kappa shape index (κ2) is 11.3. The van der Waals surface area contributed by atoms with Crippen LogP contribution < -0.4 is 16.0 Å². The first-order valence-electron chi connectivity index (χ1n) is 11.3. The van der Waals surface area contributed by atoms with E-state index in [1.807, 2.05) is 0 Å². The predicted octanol–water partition coefficient (Wildman–Crippen LogP) is 4.49. The minimum absolute atomic E-state index is 0.173. The third kappa shape index (κ3) is 6.99. The fourth-order valence-electron chi connectivity index (χ4n) is 3.65. The van der Waals surface area contributed by atoms with Crippen molar-refractivity contribution in [1.29, 1.82) is 0 Å². The van der Waals surface area contributed by atoms with Gasteiger partial charge in [-0.15, -0.1) is 0 Å². The maximum absolute atomic E-state index is 13.5. The van der Waals surface area contributed by atoms with Crippen LogP contribution in [0.25, 0.3) is 0 Å². The number of anilines is 2. The second-order valence-corrected chi connectivity index (χ2v) is 9.25. The van der Waals surface area contributed by atoms with Crippen molar-refractivity contribution in [2.75, 3.05) is 10.6 Å². The van der Waals surface area contributed by atoms with Gasteiger partial charge in [0, 0.05) is 29.0 Å². The molecule has 0 radical (unpaired) electrons. The molecule has 0 aliphatic rings. The Morgan fingerprint density at radius 3 is 1.56 bits per heavy atom. The van der Waals surface area contributed by atoms with Gasteiger partial charge in [-0.2, -0.15) is 0 Å². The van der Waals surface area contributed by atoms with Crippen molar-refractivity contribution in [3.63, 3.8) is 0 Å². The molecule has 36 heavy (non-hydrogen) atoms. The molecule has 3 aromatic carbocycles. The summed E-state index contributed by atoms with van der Waals surface area (Å²) in [6, 6.07) is 22.4. The molecule has 1 unspecified atom stereocenters. The summed E-state index contributed by atoms with van der Waals surface area (Å²) >= 11 is 0. The standard InChI is InChI=1S/C27H28N4O5/c1-27(2,3)30-26(34)22(18-14-16-21(17-15-18)31(35)36)23(24(32)28-19-10-6-4-7-11-19)25(33)29-20-12-8-5-9-13-20/h4-17,22-23H,1-3H3,(H,28,32)(H,29,33)(H,30,34). The summed E-state index contributed by atoms with van der Waals surface area (Å²) in [6.07, 6.45) is 0. The van der Waals surface area contributed by atoms with Crippen molar-refractivity contribution in [2.24, 2.45) is 5.92 Å². The quantitative estimate of drug-likeness (QED) is 0.244. The Kier molecular flexibility index (Phi) is 8.16. The highest BCUT2D eigenvalue weighted by Crippen LogP contribution is 2.30. The molecule has 3 aromatic rings. The average molecular weight is 489 g/mol. The lowest BCUT2D eigenvalue weighted by atomic mass is 9.82. The van der Waals surface area contributed by atoms with Crippen molar-refractivity contribution >= 4 is 34.8 Å². The van der Waals surface area contributed by atoms with Gasteiger partial charge < -0.3 is 16.0 Å². The van der Waals surface area contributed by atoms with E-state index in [-0.39, 0.29) is 5.69 Å². The van der Waals surface area contributed by atoms with Gasteiger partial charge >= 0.3 is 0 Å². The first kappa shape index (κ1) is 26.1. The first-order valence-corrected chi connectivity index (χ1v) is 11.3. The van der Waals surface area contributed by atoms with Crippen LogP contribution in [-0.2, 0) is 14.4 Å². The number of hydrogen-bond donors (Lipinski definition) is 3. The third-order valence-electron chi connectivity index (χ3n) is 5.22. The summed E-state index contributed by atoms with van der Waals surface area (Å²) in [5, 5.41) is 19.4. The van der Waals surface area contributed by atoms with Gasteiger partial charge in [-0.3, -0.25) is 24.5 Å². The smallest absolute Gasteiger partial charge is 0.269 e. The van der Waals surface area contributed by atoms with Gasteiger partial charge in [0.15, 0.2) is 0 Å². The number of hydrogen-bond acceptors (Lipinski definition) is 5. The molecule has 186 valence electrons. The van der Waals surface area contributed by atoms with E-state index >= 15 is 0 Å². The molecule has 1 atom stereocenters. The monoisotopic (exact) mass is 488 g/mol. The van der Waals surface area contributed by atoms with Crippen LogP contribution in [0, 0.1) is 16.0 Å². The predicted molar refractivity (Wildman–Crippen MR) is 137 cm³/mol. The third-order valence-corrected chi connectivity index (χ3v) is 5.22. The molecule has 0 aliphatic heterocycles. The molecule has 0 saturated heterocycles. The van der Waals surface area contributed by atoms with Crippen molar-refractivity contribution in [1.82, 2.24) is 5.32 Å². The van der Waals surface area contributed by atoms with Crippen LogP contribution in [0.1, 0.15) is 32.3 Å². The zero-order valence-electron chi connectivity index (χ0n) is 20.2. The summed E-state index contributed by atoms with van der Waals surface area (Å²) in [5.41, 5.74) is 0.371. The Morgan fingerprint density at radius 2 is 1.17 bits per heavy atom. The molecule has 0 heterocycles. The number of nitrogens with one attached hydrogen (secondary N) is 3. The van der Waals surface area contributed by atoms with Crippen LogP contribution >= 0.6 is 0 Å². The number of nitro groups is 1. The lowest BCUT2D eigenvalue weighted by Gasteiger charge is -2.29. The number of para-hydroxylation sites is 2. The fraction of sp³-hybridized carbons (Fsp3) is 0.222. The molecule has 0 bridgehead atoms. The zero-order chi connectivity index (χ0) is 26.3. The van der Waals surface area contributed by atoms with Crippen molar-refractivity contribution in [2.45, 2.75) is 32.2 Å². The maximum atomic E-state index is 13.5. The van der Waals surface area contributed by atoms with E-state index in [9.17, 15) is 24.5 Å². The largest absolute Gasteiger partial charge is 0.351 e. The summed E-state index contributed by atoms with van der Waals surface area (Å²) in [6.45, 7) is 5.34. The van der Waals surface area contributed by atoms with Crippen molar-refractivity contribution in [3.8, 4) is 0 Å². The Morgan fingerprint density at radius 1 is 0.722 bits per heavy atom. The Balaban J connectivity index is 2.08. The molecule has 9 heteroatoms. The molecular weight excluding hydrogens is 460 g/mol. The number of benzene rings is 3. The van der Waals surface area contributed by atoms with Crippen LogP contribution in [0.5, 0.6) is 0 Å². The molecule has 0 aliphatic carbocycles. The topological polar surface area (TPSA) is 130 Å². The molecule has 3 rings (SSSR count). The van der Waals surface area contributed by atoms with Crippen LogP contribution in [0.4, 0.5) is 17.1 Å². The number of non-ortho nitro benzene ring substituents is 1. The van der Waals surface area contributed by atoms with Crippen LogP contribution in [0.2, 0.25) is 0 Å². The molecular formula is C27H28N4O5. The minimum atomic E-state index is -1.49. The highest BCUT2D eigenvalue weighted by molar-refractivity contribution is 6.14. The van der Waals surface area contributed by atoms with E-state index in [1.165, 1.54) is 24.3 Å². The minimum Gasteiger partial charge on any atom is -0.351 e. The molecule has 0 saturated carbocycles. The highest BCUT2D eigenvalue weighted by atomic mass is 16.6. The molecule has 9 nitrogen and oxygen atoms in total. The number of carbonyl (C=O) groups excluding carboxylic acids is 3. The highest BCUT2D eigenvalue weighted by Gasteiger charge is 2.41. The number of carbonyl (C=O) groups is 3. The molecule has 3 amide bonds. The Labute approximate surface area is 209 Å². The lowest BCUT2D eigenvalue weighted by molar-refractivity contribution is -0.384. The van der Waals surface area contributed by atoms with Gasteiger partial charge in [0.1, 0.15) is 5.92 Å². The summed E-state index contributed by atoms with van der Waals surface area (Å²) in [7, 11) is 0. The van der Waals surface area contributed by atoms with E-state index in [0.29, 0.717) is 16.9 Å². The Bertz CT molecular complexity index is 1170. The SMILES string of the molecule is CC(C)(C)NC(=O)C(c1ccc([N+](=O)[O-])cc1)C(C(=O)Nc1ccccc1)C(=O)Nc1ccccc1. The van der Waals surface area contributed by atoms with Gasteiger partial charge in [-0.1, -0.05) is 48.5 Å². The van der Waals surface area contributed by atoms with E-state index < -0.39 is 40.0 Å². The van der Waals surface area contributed by atoms with Gasteiger partial charge in [0.25, 0.3) is 5.69 Å². The second-order valence-electron chi connectivity index (χ2n) is 9.25. The summed E-state index contributed by atoms with van der Waals surface area (Å²) < 4.78 is 0. The van der Waals surface area contributed by atoms with Gasteiger partial charge in [-0.05, 0) is 50.6 Å². The lowest BCUT2D eigenvalue weighted by Crippen LogP contribution is -2.49. The van der Waals surface area contributed by atoms with E-state index in [0.717, 1.165) is 0 Å². The van der Waals surface area contributed by atoms with E-state index in [1.54, 1.807) is 81.4 Å². The maximum Gasteiger partial charge on any atom is 0.269 e. The summed E-state index contributed by atoms with van der Waals surface area (Å²) in [5.74, 6) is -4.71. The van der Waals surface area contributed by atoms with Crippen molar-refractivity contribution in [3.05, 3.63) is 101 Å². The van der Waals surface area contributed by atoms with Crippen molar-refractivity contribution < 1.29 is 19.3 Å². The zero-order valence-corrected chi connectivity index (χ0v) is 20.2. The normalized spacial score (nSPS) is 11.9. The summed E-state index contributed by atoms with van der Waals surface area (Å²) in [4.78, 5) is 51.2. The fourth-order valence-corrected chi connectivity index (χ4v) is 3.65. The molecule has 0 fully saturated rings. The number of amides is 3. The van der Waals surface area contributed by atoms with Gasteiger partial charge in [-0.25, -0.2) is 0 Å². The van der Waals surface area contributed by atoms with E-state index in [2.05, 4.69) is 16.0 Å². The van der Waals surface area contributed by atoms with Crippen LogP contribution in [0.3, 0.4) is 0 Å². The van der Waals surface area contributed by atoms with Gasteiger partial charge in [0.05, 0.1) is 10.8 Å². The molecule has 0 spiro atoms. The molecule has 3 N–H and O–H groups in total. The number of rotatable bonds is 8. The van der Waals surface area contributed by atoms with E-state index in [4.69, 9.17) is 0 Å². The number of nitro benzene ring substituents is 1. The Hall–Kier alpha value is -4.53. The molecule has 0 aromatic heterocycles. The average Bonchev–Trinajstić information content (AvgIpc) is 2.82. The van der Waals surface area contributed by atoms with Crippen LogP contribution in [-0.4, -0.2) is 28.2 Å². The first-order chi connectivity index (χ1) is 17.0.